The molecule has 4 amide bonds. The summed E-state index contributed by atoms with van der Waals surface area (Å²) in [4.78, 5) is 47.7. The Morgan fingerprint density at radius 1 is 0.912 bits per heavy atom. The number of hydrogen-bond acceptors (Lipinski definition) is 6. The molecule has 3 aromatic rings. The lowest BCUT2D eigenvalue weighted by Crippen LogP contribution is -2.34. The van der Waals surface area contributed by atoms with E-state index in [1.807, 2.05) is 0 Å². The van der Waals surface area contributed by atoms with Crippen LogP contribution in [0, 0.1) is 6.92 Å². The average molecular weight is 482 g/mol. The molecule has 0 spiro atoms. The van der Waals surface area contributed by atoms with Crippen molar-refractivity contribution in [3.05, 3.63) is 82.8 Å². The molecule has 4 N–H and O–H groups in total. The van der Waals surface area contributed by atoms with E-state index in [0.717, 1.165) is 0 Å². The van der Waals surface area contributed by atoms with E-state index < -0.39 is 23.6 Å². The minimum absolute atomic E-state index is 0.0376. The molecule has 0 bridgehead atoms. The van der Waals surface area contributed by atoms with Gasteiger partial charge in [0.05, 0.1) is 12.8 Å². The Morgan fingerprint density at radius 3 is 2.38 bits per heavy atom. The predicted molar refractivity (Wildman–Crippen MR) is 126 cm³/mol. The molecule has 3 rings (SSSR count). The molecule has 174 valence electrons. The number of amides is 4. The summed E-state index contributed by atoms with van der Waals surface area (Å²) in [5.41, 5.74) is 3.73. The zero-order valence-corrected chi connectivity index (χ0v) is 18.7. The monoisotopic (exact) mass is 481 g/mol. The highest BCUT2D eigenvalue weighted by Crippen LogP contribution is 2.19. The smallest absolute Gasteiger partial charge is 0.329 e. The lowest BCUT2D eigenvalue weighted by Gasteiger charge is -2.07. The molecule has 0 unspecified atom stereocenters. The molecule has 10 nitrogen and oxygen atoms in total. The molecule has 2 aromatic carbocycles. The molecule has 0 aliphatic rings. The Bertz CT molecular complexity index is 1240. The number of nitrogens with zero attached hydrogens (tertiary/aromatic N) is 1. The van der Waals surface area contributed by atoms with Crippen LogP contribution in [0.1, 0.15) is 17.1 Å². The van der Waals surface area contributed by atoms with Gasteiger partial charge in [0.25, 0.3) is 0 Å². The fourth-order valence-electron chi connectivity index (χ4n) is 2.67. The van der Waals surface area contributed by atoms with Crippen LogP contribution in [0.15, 0.2) is 70.2 Å². The minimum Gasteiger partial charge on any atom is -0.458 e. The predicted octanol–water partition coefficient (Wildman–Crippen LogP) is 2.59. The first-order chi connectivity index (χ1) is 16.3. The first-order valence-electron chi connectivity index (χ1n) is 9.95. The number of para-hydroxylation sites is 1. The van der Waals surface area contributed by atoms with Gasteiger partial charge in [-0.25, -0.2) is 5.43 Å². The van der Waals surface area contributed by atoms with E-state index in [0.29, 0.717) is 27.7 Å². The maximum Gasteiger partial charge on any atom is 0.329 e. The van der Waals surface area contributed by atoms with Crippen molar-refractivity contribution in [1.29, 1.82) is 0 Å². The van der Waals surface area contributed by atoms with Crippen LogP contribution in [0.2, 0.25) is 5.02 Å². The van der Waals surface area contributed by atoms with Gasteiger partial charge in [-0.3, -0.25) is 19.2 Å². The fourth-order valence-corrected chi connectivity index (χ4v) is 2.89. The second-order valence-electron chi connectivity index (χ2n) is 6.92. The molecule has 11 heteroatoms. The molecule has 0 saturated carbocycles. The van der Waals surface area contributed by atoms with Crippen molar-refractivity contribution >= 4 is 52.8 Å². The maximum atomic E-state index is 12.0. The highest BCUT2D eigenvalue weighted by atomic mass is 35.5. The topological polar surface area (TPSA) is 142 Å². The van der Waals surface area contributed by atoms with Crippen LogP contribution in [-0.4, -0.2) is 29.8 Å². The number of anilines is 2. The zero-order chi connectivity index (χ0) is 24.5. The van der Waals surface area contributed by atoms with Crippen LogP contribution in [0.3, 0.4) is 0 Å². The van der Waals surface area contributed by atoms with E-state index in [4.69, 9.17) is 16.0 Å². The second-order valence-corrected chi connectivity index (χ2v) is 7.36. The van der Waals surface area contributed by atoms with Gasteiger partial charge >= 0.3 is 23.6 Å². The van der Waals surface area contributed by atoms with Crippen LogP contribution in [-0.2, 0) is 25.7 Å². The van der Waals surface area contributed by atoms with Gasteiger partial charge in [0.15, 0.2) is 0 Å². The number of halogens is 1. The molecule has 0 radical (unpaired) electrons. The van der Waals surface area contributed by atoms with E-state index in [1.54, 1.807) is 67.6 Å². The van der Waals surface area contributed by atoms with E-state index in [9.17, 15) is 19.2 Å². The van der Waals surface area contributed by atoms with Gasteiger partial charge in [-0.2, -0.15) is 5.10 Å². The van der Waals surface area contributed by atoms with Crippen molar-refractivity contribution in [2.45, 2.75) is 13.5 Å². The van der Waals surface area contributed by atoms with Crippen molar-refractivity contribution in [2.24, 2.45) is 5.10 Å². The van der Waals surface area contributed by atoms with Gasteiger partial charge in [-0.15, -0.1) is 0 Å². The van der Waals surface area contributed by atoms with E-state index in [2.05, 4.69) is 26.5 Å². The number of hydrogen-bond donors (Lipinski definition) is 4. The molecule has 0 atom stereocenters. The SMILES string of the molecule is Cc1cc(Cl)ccc1NC(=O)C(=O)N/N=C/c1ccc(CNC(=O)C(=O)Nc2ccccc2)o1. The Balaban J connectivity index is 1.44. The third-order valence-electron chi connectivity index (χ3n) is 4.34. The molecule has 0 saturated heterocycles. The summed E-state index contributed by atoms with van der Waals surface area (Å²) in [6, 6.07) is 16.5. The van der Waals surface area contributed by atoms with Crippen LogP contribution < -0.4 is 21.4 Å². The summed E-state index contributed by atoms with van der Waals surface area (Å²) >= 11 is 5.86. The number of furan rings is 1. The molecular formula is C23H20ClN5O5. The van der Waals surface area contributed by atoms with Gasteiger partial charge in [0, 0.05) is 16.4 Å². The normalized spacial score (nSPS) is 10.5. The Morgan fingerprint density at radius 2 is 1.65 bits per heavy atom. The van der Waals surface area contributed by atoms with Gasteiger partial charge in [-0.05, 0) is 55.0 Å². The third-order valence-corrected chi connectivity index (χ3v) is 4.58. The van der Waals surface area contributed by atoms with E-state index in [-0.39, 0.29) is 12.3 Å². The molecule has 1 heterocycles. The maximum absolute atomic E-state index is 12.0. The lowest BCUT2D eigenvalue weighted by molar-refractivity contribution is -0.136. The second kappa shape index (κ2) is 11.4. The first-order valence-corrected chi connectivity index (χ1v) is 10.3. The number of carbonyl (C=O) groups excluding carboxylic acids is 4. The standard InChI is InChI=1S/C23H20ClN5O5/c1-14-11-15(24)7-10-19(14)28-22(32)23(33)29-26-13-18-9-8-17(34-18)12-25-20(30)21(31)27-16-5-3-2-4-6-16/h2-11,13H,12H2,1H3,(H,25,30)(H,27,31)(H,28,32)(H,29,33)/b26-13+. The number of aryl methyl sites for hydroxylation is 1. The van der Waals surface area contributed by atoms with Gasteiger partial charge < -0.3 is 20.4 Å². The van der Waals surface area contributed by atoms with E-state index in [1.165, 1.54) is 6.21 Å². The Labute approximate surface area is 199 Å². The third kappa shape index (κ3) is 7.04. The van der Waals surface area contributed by atoms with Crippen molar-refractivity contribution in [1.82, 2.24) is 10.7 Å². The Kier molecular flexibility index (Phi) is 8.14. The number of hydrazone groups is 1. The van der Waals surface area contributed by atoms with Gasteiger partial charge in [0.2, 0.25) is 0 Å². The molecule has 0 fully saturated rings. The number of nitrogens with one attached hydrogen (secondary N) is 4. The van der Waals surface area contributed by atoms with Gasteiger partial charge in [-0.1, -0.05) is 29.8 Å². The first kappa shape index (κ1) is 24.2. The highest BCUT2D eigenvalue weighted by Gasteiger charge is 2.15. The number of carbonyl (C=O) groups is 4. The number of benzene rings is 2. The minimum atomic E-state index is -0.978. The van der Waals surface area contributed by atoms with E-state index >= 15 is 0 Å². The summed E-state index contributed by atoms with van der Waals surface area (Å²) in [7, 11) is 0. The van der Waals surface area contributed by atoms with Crippen molar-refractivity contribution in [3.8, 4) is 0 Å². The van der Waals surface area contributed by atoms with Crippen LogP contribution >= 0.6 is 11.6 Å². The Hall–Kier alpha value is -4.44. The van der Waals surface area contributed by atoms with Crippen LogP contribution in [0.5, 0.6) is 0 Å². The van der Waals surface area contributed by atoms with Crippen molar-refractivity contribution in [3.63, 3.8) is 0 Å². The summed E-state index contributed by atoms with van der Waals surface area (Å²) in [6.07, 6.45) is 1.19. The number of rotatable bonds is 6. The molecule has 0 aliphatic heterocycles. The zero-order valence-electron chi connectivity index (χ0n) is 17.9. The summed E-state index contributed by atoms with van der Waals surface area (Å²) in [5, 5.41) is 11.5. The molecule has 0 aliphatic carbocycles. The van der Waals surface area contributed by atoms with Crippen LogP contribution in [0.25, 0.3) is 0 Å². The van der Waals surface area contributed by atoms with Crippen molar-refractivity contribution in [2.75, 3.05) is 10.6 Å². The van der Waals surface area contributed by atoms with Crippen LogP contribution in [0.4, 0.5) is 11.4 Å². The molecular weight excluding hydrogens is 462 g/mol. The largest absolute Gasteiger partial charge is 0.458 e. The lowest BCUT2D eigenvalue weighted by atomic mass is 10.2. The molecule has 34 heavy (non-hydrogen) atoms. The summed E-state index contributed by atoms with van der Waals surface area (Å²) in [6.45, 7) is 1.70. The fraction of sp³-hybridized carbons (Fsp3) is 0.0870. The average Bonchev–Trinajstić information content (AvgIpc) is 3.27. The van der Waals surface area contributed by atoms with Crippen molar-refractivity contribution < 1.29 is 23.6 Å². The van der Waals surface area contributed by atoms with Gasteiger partial charge in [0.1, 0.15) is 11.5 Å². The highest BCUT2D eigenvalue weighted by molar-refractivity contribution is 6.40. The summed E-state index contributed by atoms with van der Waals surface area (Å²) < 4.78 is 5.44. The quantitative estimate of drug-likeness (QED) is 0.243. The molecule has 1 aromatic heterocycles. The summed E-state index contributed by atoms with van der Waals surface area (Å²) in [5.74, 6) is -2.91.